The molecule has 0 bridgehead atoms. The van der Waals surface area contributed by atoms with Gasteiger partial charge in [-0.25, -0.2) is 4.39 Å². The van der Waals surface area contributed by atoms with Crippen molar-refractivity contribution in [3.05, 3.63) is 12.7 Å². The summed E-state index contributed by atoms with van der Waals surface area (Å²) in [4.78, 5) is 0. The number of halogens is 1. The molecular formula is C8H14FNO. The van der Waals surface area contributed by atoms with Crippen LogP contribution in [-0.2, 0) is 4.74 Å². The number of nitrogens with one attached hydrogen (secondary N) is 1. The normalized spacial score (nSPS) is 45.4. The second-order valence-corrected chi connectivity index (χ2v) is 3.07. The van der Waals surface area contributed by atoms with Crippen LogP contribution in [0.2, 0.25) is 0 Å². The Morgan fingerprint density at radius 1 is 1.82 bits per heavy atom. The predicted octanol–water partition coefficient (Wildman–Crippen LogP) is 1.58. The van der Waals surface area contributed by atoms with E-state index in [4.69, 9.17) is 4.74 Å². The van der Waals surface area contributed by atoms with E-state index >= 15 is 0 Å². The van der Waals surface area contributed by atoms with Crippen LogP contribution in [0.15, 0.2) is 12.7 Å². The van der Waals surface area contributed by atoms with Crippen molar-refractivity contribution in [1.82, 2.24) is 5.32 Å². The van der Waals surface area contributed by atoms with Crippen molar-refractivity contribution in [1.29, 1.82) is 0 Å². The van der Waals surface area contributed by atoms with Crippen molar-refractivity contribution in [3.63, 3.8) is 0 Å². The van der Waals surface area contributed by atoms with Gasteiger partial charge in [-0.1, -0.05) is 6.08 Å². The third-order valence-corrected chi connectivity index (χ3v) is 1.74. The molecule has 1 saturated heterocycles. The molecule has 1 aliphatic rings. The SMILES string of the molecule is C=CC1CC(C)(F)OC(C)N1. The maximum Gasteiger partial charge on any atom is 0.209 e. The highest BCUT2D eigenvalue weighted by atomic mass is 19.2. The van der Waals surface area contributed by atoms with Crippen molar-refractivity contribution < 1.29 is 9.13 Å². The van der Waals surface area contributed by atoms with Crippen LogP contribution in [0.25, 0.3) is 0 Å². The molecule has 64 valence electrons. The molecule has 0 aromatic carbocycles. The Labute approximate surface area is 66.4 Å². The summed E-state index contributed by atoms with van der Waals surface area (Å²) in [6, 6.07) is 0.0220. The van der Waals surface area contributed by atoms with E-state index < -0.39 is 5.85 Å². The van der Waals surface area contributed by atoms with E-state index in [2.05, 4.69) is 11.9 Å². The molecule has 2 nitrogen and oxygen atoms in total. The Morgan fingerprint density at radius 3 is 2.91 bits per heavy atom. The first kappa shape index (κ1) is 8.68. The van der Waals surface area contributed by atoms with E-state index in [9.17, 15) is 4.39 Å². The van der Waals surface area contributed by atoms with Gasteiger partial charge in [-0.05, 0) is 13.8 Å². The van der Waals surface area contributed by atoms with Crippen LogP contribution < -0.4 is 5.32 Å². The number of alkyl halides is 1. The monoisotopic (exact) mass is 159 g/mol. The van der Waals surface area contributed by atoms with Crippen molar-refractivity contribution in [2.75, 3.05) is 0 Å². The molecule has 0 aromatic heterocycles. The second kappa shape index (κ2) is 2.91. The smallest absolute Gasteiger partial charge is 0.209 e. The summed E-state index contributed by atoms with van der Waals surface area (Å²) < 4.78 is 18.2. The van der Waals surface area contributed by atoms with Crippen molar-refractivity contribution in [3.8, 4) is 0 Å². The lowest BCUT2D eigenvalue weighted by molar-refractivity contribution is -0.201. The fraction of sp³-hybridized carbons (Fsp3) is 0.750. The van der Waals surface area contributed by atoms with Gasteiger partial charge < -0.3 is 4.74 Å². The zero-order valence-corrected chi connectivity index (χ0v) is 6.93. The molecule has 1 fully saturated rings. The molecule has 1 N–H and O–H groups in total. The van der Waals surface area contributed by atoms with Crippen molar-refractivity contribution in [2.45, 2.75) is 38.4 Å². The molecule has 1 aliphatic heterocycles. The van der Waals surface area contributed by atoms with Crippen LogP contribution in [0.1, 0.15) is 20.3 Å². The van der Waals surface area contributed by atoms with E-state index in [1.807, 2.05) is 0 Å². The second-order valence-electron chi connectivity index (χ2n) is 3.07. The third-order valence-electron chi connectivity index (χ3n) is 1.74. The van der Waals surface area contributed by atoms with E-state index in [0.29, 0.717) is 6.42 Å². The number of hydrogen-bond acceptors (Lipinski definition) is 2. The summed E-state index contributed by atoms with van der Waals surface area (Å²) in [5, 5.41) is 3.04. The minimum atomic E-state index is -1.51. The summed E-state index contributed by atoms with van der Waals surface area (Å²) in [5.74, 6) is -1.51. The lowest BCUT2D eigenvalue weighted by Gasteiger charge is -2.35. The highest BCUT2D eigenvalue weighted by molar-refractivity contribution is 4.92. The quantitative estimate of drug-likeness (QED) is 0.586. The van der Waals surface area contributed by atoms with Gasteiger partial charge in [0.15, 0.2) is 0 Å². The zero-order chi connectivity index (χ0) is 8.48. The molecule has 1 heterocycles. The van der Waals surface area contributed by atoms with Gasteiger partial charge in [0.05, 0.1) is 0 Å². The summed E-state index contributed by atoms with van der Waals surface area (Å²) in [5.41, 5.74) is 0. The Morgan fingerprint density at radius 2 is 2.45 bits per heavy atom. The average Bonchev–Trinajstić information content (AvgIpc) is 1.83. The molecule has 11 heavy (non-hydrogen) atoms. The van der Waals surface area contributed by atoms with Crippen LogP contribution in [0, 0.1) is 0 Å². The lowest BCUT2D eigenvalue weighted by atomic mass is 10.1. The molecule has 3 atom stereocenters. The lowest BCUT2D eigenvalue weighted by Crippen LogP contribution is -2.50. The van der Waals surface area contributed by atoms with Crippen LogP contribution >= 0.6 is 0 Å². The van der Waals surface area contributed by atoms with Gasteiger partial charge in [-0.2, -0.15) is 0 Å². The van der Waals surface area contributed by atoms with E-state index in [1.54, 1.807) is 13.0 Å². The first-order valence-electron chi connectivity index (χ1n) is 3.79. The van der Waals surface area contributed by atoms with E-state index in [-0.39, 0.29) is 12.3 Å². The van der Waals surface area contributed by atoms with E-state index in [1.165, 1.54) is 6.92 Å². The van der Waals surface area contributed by atoms with Gasteiger partial charge in [0.2, 0.25) is 5.85 Å². The first-order valence-corrected chi connectivity index (χ1v) is 3.79. The number of hydrogen-bond donors (Lipinski definition) is 1. The Hall–Kier alpha value is -0.410. The summed E-state index contributed by atoms with van der Waals surface area (Å²) >= 11 is 0. The molecule has 3 unspecified atom stereocenters. The molecule has 1 rings (SSSR count). The van der Waals surface area contributed by atoms with Crippen LogP contribution in [0.3, 0.4) is 0 Å². The molecule has 3 heteroatoms. The predicted molar refractivity (Wildman–Crippen MR) is 41.8 cm³/mol. The maximum atomic E-state index is 13.2. The zero-order valence-electron chi connectivity index (χ0n) is 6.93. The van der Waals surface area contributed by atoms with Crippen molar-refractivity contribution in [2.24, 2.45) is 0 Å². The van der Waals surface area contributed by atoms with Gasteiger partial charge in [-0.3, -0.25) is 5.32 Å². The first-order chi connectivity index (χ1) is 5.03. The highest BCUT2D eigenvalue weighted by Gasteiger charge is 2.34. The Balaban J connectivity index is 2.57. The Bertz CT molecular complexity index is 158. The standard InChI is InChI=1S/C8H14FNO/c1-4-7-5-8(3,9)11-6(2)10-7/h4,6-7,10H,1,5H2,2-3H3. The van der Waals surface area contributed by atoms with Crippen molar-refractivity contribution >= 4 is 0 Å². The molecule has 0 spiro atoms. The molecule has 0 radical (unpaired) electrons. The van der Waals surface area contributed by atoms with Crippen LogP contribution in [-0.4, -0.2) is 18.1 Å². The van der Waals surface area contributed by atoms with Gasteiger partial charge >= 0.3 is 0 Å². The summed E-state index contributed by atoms with van der Waals surface area (Å²) in [7, 11) is 0. The maximum absolute atomic E-state index is 13.2. The van der Waals surface area contributed by atoms with Crippen LogP contribution in [0.4, 0.5) is 4.39 Å². The number of rotatable bonds is 1. The fourth-order valence-electron chi connectivity index (χ4n) is 1.36. The summed E-state index contributed by atoms with van der Waals surface area (Å²) in [6.45, 7) is 6.83. The third kappa shape index (κ3) is 2.27. The molecular weight excluding hydrogens is 145 g/mol. The molecule has 0 saturated carbocycles. The minimum absolute atomic E-state index is 0.0220. The molecule has 0 amide bonds. The largest absolute Gasteiger partial charge is 0.328 e. The van der Waals surface area contributed by atoms with E-state index in [0.717, 1.165) is 0 Å². The van der Waals surface area contributed by atoms with Gasteiger partial charge in [0, 0.05) is 12.5 Å². The Kier molecular flexibility index (Phi) is 2.30. The average molecular weight is 159 g/mol. The van der Waals surface area contributed by atoms with Gasteiger partial charge in [-0.15, -0.1) is 6.58 Å². The van der Waals surface area contributed by atoms with Crippen LogP contribution in [0.5, 0.6) is 0 Å². The van der Waals surface area contributed by atoms with Gasteiger partial charge in [0.25, 0.3) is 0 Å². The number of ether oxygens (including phenoxy) is 1. The molecule has 0 aliphatic carbocycles. The minimum Gasteiger partial charge on any atom is -0.328 e. The molecule has 0 aromatic rings. The fourth-order valence-corrected chi connectivity index (χ4v) is 1.36. The van der Waals surface area contributed by atoms with Gasteiger partial charge in [0.1, 0.15) is 6.23 Å². The summed E-state index contributed by atoms with van der Waals surface area (Å²) in [6.07, 6.45) is 1.80. The highest BCUT2D eigenvalue weighted by Crippen LogP contribution is 2.25. The topological polar surface area (TPSA) is 21.3 Å².